The first-order valence-electron chi connectivity index (χ1n) is 9.94. The summed E-state index contributed by atoms with van der Waals surface area (Å²) in [4.78, 5) is 26.7. The van der Waals surface area contributed by atoms with Gasteiger partial charge in [0, 0.05) is 45.3 Å². The zero-order valence-corrected chi connectivity index (χ0v) is 18.5. The van der Waals surface area contributed by atoms with Crippen LogP contribution in [0.1, 0.15) is 41.4 Å². The van der Waals surface area contributed by atoms with Crippen molar-refractivity contribution in [3.63, 3.8) is 0 Å². The molecule has 2 aliphatic rings. The van der Waals surface area contributed by atoms with Crippen molar-refractivity contribution in [1.29, 1.82) is 0 Å². The van der Waals surface area contributed by atoms with Gasteiger partial charge in [-0.25, -0.2) is 0 Å². The summed E-state index contributed by atoms with van der Waals surface area (Å²) in [6.45, 7) is 0. The molecule has 0 saturated heterocycles. The predicted octanol–water partition coefficient (Wildman–Crippen LogP) is 6.73. The van der Waals surface area contributed by atoms with Crippen LogP contribution in [-0.4, -0.2) is 11.8 Å². The molecule has 6 heteroatoms. The van der Waals surface area contributed by atoms with E-state index >= 15 is 0 Å². The predicted molar refractivity (Wildman–Crippen MR) is 121 cm³/mol. The third-order valence-corrected chi connectivity index (χ3v) is 7.10. The van der Waals surface area contributed by atoms with Gasteiger partial charge in [-0.1, -0.05) is 59.1 Å². The molecule has 1 aliphatic heterocycles. The maximum atomic E-state index is 13.7. The van der Waals surface area contributed by atoms with Crippen LogP contribution in [0.4, 0.5) is 0 Å². The lowest BCUT2D eigenvalue weighted by atomic mass is 9.54. The van der Waals surface area contributed by atoms with Gasteiger partial charge in [0.2, 0.25) is 0 Å². The Morgan fingerprint density at radius 3 is 1.84 bits per heavy atom. The highest BCUT2D eigenvalue weighted by Crippen LogP contribution is 2.61. The number of hydrogen-bond donors (Lipinski definition) is 0. The number of carbonyl (C=O) groups is 2. The summed E-state index contributed by atoms with van der Waals surface area (Å²) in [5.74, 6) is -0.744. The van der Waals surface area contributed by atoms with E-state index in [2.05, 4.69) is 0 Å². The van der Waals surface area contributed by atoms with Crippen molar-refractivity contribution in [3.05, 3.63) is 98.5 Å². The Balaban J connectivity index is 1.82. The summed E-state index contributed by atoms with van der Waals surface area (Å²) in [5, 5.41) is 1.59. The SMILES string of the molecule is O=C1C[C@H](c2cccc(Cl)c2)C2(C(=O)Oc3ccc(Cl)cc32)[C@H](c2cccc(Cl)c2)C1. The summed E-state index contributed by atoms with van der Waals surface area (Å²) >= 11 is 18.9. The highest BCUT2D eigenvalue weighted by Gasteiger charge is 2.62. The molecule has 3 atom stereocenters. The molecule has 3 nitrogen and oxygen atoms in total. The van der Waals surface area contributed by atoms with Crippen LogP contribution in [0, 0.1) is 0 Å². The molecule has 3 aromatic rings. The van der Waals surface area contributed by atoms with Crippen molar-refractivity contribution in [1.82, 2.24) is 0 Å². The molecule has 1 heterocycles. The number of esters is 1. The normalized spacial score (nSPS) is 24.9. The van der Waals surface area contributed by atoms with E-state index < -0.39 is 17.3 Å². The number of carbonyl (C=O) groups excluding carboxylic acids is 2. The standard InChI is InChI=1S/C25H17Cl3O3/c26-16-5-1-3-14(9-16)20-12-19(29)13-21(15-4-2-6-17(27)10-15)25(20)22-11-18(28)7-8-23(22)31-24(25)30/h1-11,20-21H,12-13H2/t20-,21+,25?. The minimum atomic E-state index is -1.12. The largest absolute Gasteiger partial charge is 0.425 e. The second-order valence-electron chi connectivity index (χ2n) is 8.06. The van der Waals surface area contributed by atoms with Crippen LogP contribution in [0.15, 0.2) is 66.7 Å². The Morgan fingerprint density at radius 1 is 0.742 bits per heavy atom. The summed E-state index contributed by atoms with van der Waals surface area (Å²) < 4.78 is 5.78. The van der Waals surface area contributed by atoms with Gasteiger partial charge in [0.05, 0.1) is 0 Å². The average molecular weight is 472 g/mol. The van der Waals surface area contributed by atoms with Gasteiger partial charge in [-0.15, -0.1) is 0 Å². The van der Waals surface area contributed by atoms with Gasteiger partial charge in [0.25, 0.3) is 0 Å². The minimum absolute atomic E-state index is 0.0730. The van der Waals surface area contributed by atoms with E-state index in [1.165, 1.54) is 0 Å². The van der Waals surface area contributed by atoms with E-state index in [0.717, 1.165) is 11.1 Å². The lowest BCUT2D eigenvalue weighted by Crippen LogP contribution is -2.49. The molecule has 156 valence electrons. The van der Waals surface area contributed by atoms with Crippen molar-refractivity contribution >= 4 is 46.6 Å². The molecular formula is C25H17Cl3O3. The summed E-state index contributed by atoms with van der Waals surface area (Å²) in [7, 11) is 0. The quantitative estimate of drug-likeness (QED) is 0.307. The number of fused-ring (bicyclic) bond motifs is 2. The van der Waals surface area contributed by atoms with Crippen molar-refractivity contribution < 1.29 is 14.3 Å². The van der Waals surface area contributed by atoms with Crippen molar-refractivity contribution in [3.8, 4) is 5.75 Å². The molecule has 1 spiro atoms. The van der Waals surface area contributed by atoms with Gasteiger partial charge in [-0.3, -0.25) is 9.59 Å². The van der Waals surface area contributed by atoms with Crippen LogP contribution in [0.5, 0.6) is 5.75 Å². The Kier molecular flexibility index (Phi) is 5.09. The van der Waals surface area contributed by atoms with E-state index in [1.54, 1.807) is 30.3 Å². The molecule has 1 unspecified atom stereocenters. The topological polar surface area (TPSA) is 43.4 Å². The van der Waals surface area contributed by atoms with Crippen LogP contribution >= 0.6 is 34.8 Å². The molecule has 1 fully saturated rings. The van der Waals surface area contributed by atoms with Gasteiger partial charge in [0.15, 0.2) is 0 Å². The number of benzene rings is 3. The number of Topliss-reactive ketones (excluding diaryl/α,β-unsaturated/α-hetero) is 1. The number of hydrogen-bond acceptors (Lipinski definition) is 3. The third-order valence-electron chi connectivity index (χ3n) is 6.39. The van der Waals surface area contributed by atoms with Crippen LogP contribution in [-0.2, 0) is 15.0 Å². The lowest BCUT2D eigenvalue weighted by Gasteiger charge is -2.45. The summed E-state index contributed by atoms with van der Waals surface area (Å²) in [5.41, 5.74) is 1.21. The zero-order valence-electron chi connectivity index (χ0n) is 16.3. The molecule has 1 saturated carbocycles. The molecule has 31 heavy (non-hydrogen) atoms. The molecule has 1 aliphatic carbocycles. The molecule has 0 N–H and O–H groups in total. The fourth-order valence-corrected chi connectivity index (χ4v) is 5.75. The van der Waals surface area contributed by atoms with E-state index in [0.29, 0.717) is 26.4 Å². The summed E-state index contributed by atoms with van der Waals surface area (Å²) in [6.07, 6.45) is 0.414. The maximum Gasteiger partial charge on any atom is 0.323 e. The van der Waals surface area contributed by atoms with Gasteiger partial charge in [0.1, 0.15) is 16.9 Å². The van der Waals surface area contributed by atoms with Crippen LogP contribution in [0.2, 0.25) is 15.1 Å². The number of rotatable bonds is 2. The molecule has 0 amide bonds. The van der Waals surface area contributed by atoms with Crippen LogP contribution < -0.4 is 4.74 Å². The van der Waals surface area contributed by atoms with Gasteiger partial charge >= 0.3 is 5.97 Å². The monoisotopic (exact) mass is 470 g/mol. The second kappa shape index (κ2) is 7.67. The first-order chi connectivity index (χ1) is 14.9. The fourth-order valence-electron chi connectivity index (χ4n) is 5.18. The first-order valence-corrected chi connectivity index (χ1v) is 11.1. The number of ketones is 1. The minimum Gasteiger partial charge on any atom is -0.425 e. The number of ether oxygens (including phenoxy) is 1. The molecule has 0 bridgehead atoms. The van der Waals surface area contributed by atoms with Gasteiger partial charge in [-0.2, -0.15) is 0 Å². The van der Waals surface area contributed by atoms with E-state index in [4.69, 9.17) is 39.5 Å². The summed E-state index contributed by atoms with van der Waals surface area (Å²) in [6, 6.07) is 19.8. The van der Waals surface area contributed by atoms with Crippen LogP contribution in [0.25, 0.3) is 0 Å². The van der Waals surface area contributed by atoms with Crippen molar-refractivity contribution in [2.75, 3.05) is 0 Å². The number of halogens is 3. The first kappa shape index (κ1) is 20.6. The van der Waals surface area contributed by atoms with Gasteiger partial charge < -0.3 is 4.74 Å². The van der Waals surface area contributed by atoms with Crippen LogP contribution in [0.3, 0.4) is 0 Å². The molecule has 5 rings (SSSR count). The maximum absolute atomic E-state index is 13.7. The Morgan fingerprint density at radius 2 is 1.29 bits per heavy atom. The van der Waals surface area contributed by atoms with E-state index in [1.807, 2.05) is 36.4 Å². The highest BCUT2D eigenvalue weighted by atomic mass is 35.5. The zero-order chi connectivity index (χ0) is 21.8. The van der Waals surface area contributed by atoms with E-state index in [9.17, 15) is 9.59 Å². The fraction of sp³-hybridized carbons (Fsp3) is 0.200. The Hall–Kier alpha value is -2.33. The molecule has 0 radical (unpaired) electrons. The molecule has 3 aromatic carbocycles. The van der Waals surface area contributed by atoms with Gasteiger partial charge in [-0.05, 0) is 53.6 Å². The lowest BCUT2D eigenvalue weighted by molar-refractivity contribution is -0.142. The van der Waals surface area contributed by atoms with Crippen molar-refractivity contribution in [2.24, 2.45) is 0 Å². The van der Waals surface area contributed by atoms with E-state index in [-0.39, 0.29) is 24.6 Å². The molecule has 0 aromatic heterocycles. The second-order valence-corrected chi connectivity index (χ2v) is 9.37. The highest BCUT2D eigenvalue weighted by molar-refractivity contribution is 6.31. The third kappa shape index (κ3) is 3.27. The van der Waals surface area contributed by atoms with Crippen molar-refractivity contribution in [2.45, 2.75) is 30.1 Å². The molecular weight excluding hydrogens is 455 g/mol. The Bertz CT molecular complexity index is 1160. The average Bonchev–Trinajstić information content (AvgIpc) is 3.01. The smallest absolute Gasteiger partial charge is 0.323 e. The Labute approximate surface area is 194 Å².